The fourth-order valence-electron chi connectivity index (χ4n) is 5.01. The van der Waals surface area contributed by atoms with Crippen LogP contribution in [0.3, 0.4) is 0 Å². The number of carbonyl (C=O) groups is 2. The molecule has 0 unspecified atom stereocenters. The van der Waals surface area contributed by atoms with Crippen LogP contribution < -0.4 is 14.8 Å². The van der Waals surface area contributed by atoms with Gasteiger partial charge in [-0.2, -0.15) is 5.10 Å². The lowest BCUT2D eigenvalue weighted by Gasteiger charge is -2.25. The second-order valence-electron chi connectivity index (χ2n) is 11.3. The summed E-state index contributed by atoms with van der Waals surface area (Å²) in [6, 6.07) is 7.29. The molecule has 0 saturated heterocycles. The van der Waals surface area contributed by atoms with E-state index in [4.69, 9.17) is 19.3 Å². The molecule has 0 aliphatic heterocycles. The first kappa shape index (κ1) is 28.5. The van der Waals surface area contributed by atoms with Crippen molar-refractivity contribution in [3.63, 3.8) is 0 Å². The third-order valence-electron chi connectivity index (χ3n) is 6.50. The highest BCUT2D eigenvalue weighted by Gasteiger charge is 2.28. The highest BCUT2D eigenvalue weighted by Crippen LogP contribution is 2.41. The Bertz CT molecular complexity index is 1040. The van der Waals surface area contributed by atoms with Crippen molar-refractivity contribution in [2.24, 2.45) is 5.92 Å². The number of hydrogen-bond donors (Lipinski definition) is 1. The summed E-state index contributed by atoms with van der Waals surface area (Å²) in [5, 5.41) is 7.86. The molecular weight excluding hydrogens is 470 g/mol. The van der Waals surface area contributed by atoms with Gasteiger partial charge in [0, 0.05) is 6.04 Å². The third kappa shape index (κ3) is 7.73. The van der Waals surface area contributed by atoms with Crippen molar-refractivity contribution in [2.75, 3.05) is 14.2 Å². The Morgan fingerprint density at radius 3 is 2.24 bits per heavy atom. The van der Waals surface area contributed by atoms with E-state index in [0.29, 0.717) is 29.5 Å². The molecule has 1 atom stereocenters. The molecule has 37 heavy (non-hydrogen) atoms. The predicted octanol–water partition coefficient (Wildman–Crippen LogP) is 5.95. The fourth-order valence-corrected chi connectivity index (χ4v) is 5.01. The molecule has 1 aliphatic carbocycles. The summed E-state index contributed by atoms with van der Waals surface area (Å²) in [7, 11) is 3.25. The van der Waals surface area contributed by atoms with Crippen LogP contribution in [0.2, 0.25) is 0 Å². The largest absolute Gasteiger partial charge is 0.496 e. The number of nitrogens with one attached hydrogen (secondary N) is 1. The first-order valence-corrected chi connectivity index (χ1v) is 13.4. The number of hydrogen-bond acceptors (Lipinski definition) is 6. The number of rotatable bonds is 10. The van der Waals surface area contributed by atoms with Crippen LogP contribution in [0, 0.1) is 5.92 Å². The van der Waals surface area contributed by atoms with Crippen molar-refractivity contribution in [1.82, 2.24) is 15.1 Å². The van der Waals surface area contributed by atoms with E-state index >= 15 is 0 Å². The van der Waals surface area contributed by atoms with E-state index in [9.17, 15) is 9.59 Å². The summed E-state index contributed by atoms with van der Waals surface area (Å²) >= 11 is 0. The van der Waals surface area contributed by atoms with Gasteiger partial charge >= 0.3 is 5.97 Å². The van der Waals surface area contributed by atoms with Crippen LogP contribution in [0.4, 0.5) is 0 Å². The monoisotopic (exact) mass is 513 g/mol. The van der Waals surface area contributed by atoms with Crippen molar-refractivity contribution in [1.29, 1.82) is 0 Å². The molecule has 2 aromatic rings. The summed E-state index contributed by atoms with van der Waals surface area (Å²) in [6.45, 7) is 9.65. The van der Waals surface area contributed by atoms with Crippen molar-refractivity contribution in [3.05, 3.63) is 30.0 Å². The molecule has 1 N–H and O–H groups in total. The Balaban J connectivity index is 1.96. The van der Waals surface area contributed by atoms with Gasteiger partial charge in [-0.05, 0) is 64.2 Å². The molecule has 0 radical (unpaired) electrons. The average molecular weight is 514 g/mol. The lowest BCUT2D eigenvalue weighted by molar-refractivity contribution is -0.155. The van der Waals surface area contributed by atoms with Crippen LogP contribution in [0.25, 0.3) is 11.3 Å². The highest BCUT2D eigenvalue weighted by molar-refractivity contribution is 5.94. The third-order valence-corrected chi connectivity index (χ3v) is 6.50. The molecule has 1 fully saturated rings. The Labute approximate surface area is 221 Å². The summed E-state index contributed by atoms with van der Waals surface area (Å²) < 4.78 is 18.8. The molecule has 8 heteroatoms. The molecular formula is C29H43N3O5. The van der Waals surface area contributed by atoms with Gasteiger partial charge < -0.3 is 19.5 Å². The molecule has 1 heterocycles. The lowest BCUT2D eigenvalue weighted by Crippen LogP contribution is -2.39. The number of esters is 1. The van der Waals surface area contributed by atoms with Crippen molar-refractivity contribution in [2.45, 2.75) is 97.2 Å². The summed E-state index contributed by atoms with van der Waals surface area (Å²) in [5.74, 6) is 0.974. The Morgan fingerprint density at radius 1 is 1.08 bits per heavy atom. The van der Waals surface area contributed by atoms with Gasteiger partial charge in [0.25, 0.3) is 5.91 Å². The van der Waals surface area contributed by atoms with Gasteiger partial charge in [-0.15, -0.1) is 0 Å². The molecule has 1 aromatic heterocycles. The maximum absolute atomic E-state index is 13.5. The zero-order chi connectivity index (χ0) is 27.2. The van der Waals surface area contributed by atoms with Gasteiger partial charge in [-0.25, -0.2) is 0 Å². The number of methoxy groups -OCH3 is 2. The van der Waals surface area contributed by atoms with Gasteiger partial charge in [-0.1, -0.05) is 39.2 Å². The zero-order valence-corrected chi connectivity index (χ0v) is 23.4. The van der Waals surface area contributed by atoms with Crippen molar-refractivity contribution >= 4 is 11.9 Å². The standard InChI is InChI=1S/C29H43N3O5/c1-19(2)16-20(17-26(33)37-29(3,4)5)30-28(34)22-18-23(32(31-22)21-12-9-8-10-13-21)27-24(35-6)14-11-15-25(27)36-7/h11,14-15,18-21H,8-10,12-13,16-17H2,1-7H3,(H,30,34)/t20-/m0/s1. The first-order chi connectivity index (χ1) is 17.5. The number of nitrogens with zero attached hydrogens (tertiary/aromatic N) is 2. The van der Waals surface area contributed by atoms with Gasteiger partial charge in [0.05, 0.1) is 37.9 Å². The number of ether oxygens (including phenoxy) is 3. The van der Waals surface area contributed by atoms with Crippen LogP contribution in [0.5, 0.6) is 11.5 Å². The van der Waals surface area contributed by atoms with Crippen LogP contribution in [0.15, 0.2) is 24.3 Å². The average Bonchev–Trinajstić information content (AvgIpc) is 3.27. The molecule has 1 saturated carbocycles. The Morgan fingerprint density at radius 2 is 1.70 bits per heavy atom. The smallest absolute Gasteiger partial charge is 0.308 e. The Kier molecular flexibility index (Phi) is 9.62. The predicted molar refractivity (Wildman–Crippen MR) is 144 cm³/mol. The minimum absolute atomic E-state index is 0.109. The molecule has 204 valence electrons. The normalized spacial score (nSPS) is 15.4. The lowest BCUT2D eigenvalue weighted by atomic mass is 9.95. The molecule has 1 amide bonds. The minimum Gasteiger partial charge on any atom is -0.496 e. The van der Waals surface area contributed by atoms with Crippen LogP contribution in [-0.2, 0) is 9.53 Å². The zero-order valence-electron chi connectivity index (χ0n) is 23.4. The van der Waals surface area contributed by atoms with Gasteiger partial charge in [0.1, 0.15) is 17.1 Å². The van der Waals surface area contributed by atoms with E-state index < -0.39 is 5.60 Å². The number of carbonyl (C=O) groups excluding carboxylic acids is 2. The van der Waals surface area contributed by atoms with Gasteiger partial charge in [-0.3, -0.25) is 14.3 Å². The summed E-state index contributed by atoms with van der Waals surface area (Å²) in [5.41, 5.74) is 1.30. The molecule has 1 aromatic carbocycles. The summed E-state index contributed by atoms with van der Waals surface area (Å²) in [4.78, 5) is 26.0. The van der Waals surface area contributed by atoms with Crippen LogP contribution >= 0.6 is 0 Å². The van der Waals surface area contributed by atoms with E-state index in [-0.39, 0.29) is 30.4 Å². The Hall–Kier alpha value is -3.03. The SMILES string of the molecule is COc1cccc(OC)c1-c1cc(C(=O)N[C@H](CC(=O)OC(C)(C)C)CC(C)C)nn1C1CCCCC1. The summed E-state index contributed by atoms with van der Waals surface area (Å²) in [6.07, 6.45) is 6.23. The topological polar surface area (TPSA) is 91.7 Å². The maximum Gasteiger partial charge on any atom is 0.308 e. The van der Waals surface area contributed by atoms with E-state index in [1.165, 1.54) is 6.42 Å². The molecule has 8 nitrogen and oxygen atoms in total. The second kappa shape index (κ2) is 12.5. The van der Waals surface area contributed by atoms with E-state index in [1.54, 1.807) is 14.2 Å². The van der Waals surface area contributed by atoms with E-state index in [1.807, 2.05) is 49.7 Å². The van der Waals surface area contributed by atoms with Crippen molar-refractivity contribution < 1.29 is 23.8 Å². The minimum atomic E-state index is -0.578. The number of aromatic nitrogens is 2. The van der Waals surface area contributed by atoms with Gasteiger partial charge in [0.15, 0.2) is 5.69 Å². The van der Waals surface area contributed by atoms with Crippen LogP contribution in [-0.4, -0.2) is 47.5 Å². The van der Waals surface area contributed by atoms with Crippen LogP contribution in [0.1, 0.15) is 96.1 Å². The fraction of sp³-hybridized carbons (Fsp3) is 0.621. The number of benzene rings is 1. The van der Waals surface area contributed by atoms with Crippen molar-refractivity contribution in [3.8, 4) is 22.8 Å². The quantitative estimate of drug-likeness (QED) is 0.395. The molecule has 0 spiro atoms. The van der Waals surface area contributed by atoms with E-state index in [0.717, 1.165) is 36.9 Å². The highest BCUT2D eigenvalue weighted by atomic mass is 16.6. The van der Waals surface area contributed by atoms with E-state index in [2.05, 4.69) is 19.2 Å². The van der Waals surface area contributed by atoms with Gasteiger partial charge in [0.2, 0.25) is 0 Å². The maximum atomic E-state index is 13.5. The molecule has 1 aliphatic rings. The first-order valence-electron chi connectivity index (χ1n) is 13.4. The molecule has 3 rings (SSSR count). The second-order valence-corrected chi connectivity index (χ2v) is 11.3. The number of amides is 1. The molecule has 0 bridgehead atoms.